The van der Waals surface area contributed by atoms with Gasteiger partial charge >= 0.3 is 0 Å². The second kappa shape index (κ2) is 12.5. The van der Waals surface area contributed by atoms with Gasteiger partial charge in [-0.25, -0.2) is 0 Å². The zero-order valence-electron chi connectivity index (χ0n) is 22.2. The van der Waals surface area contributed by atoms with Crippen LogP contribution in [0.3, 0.4) is 0 Å². The van der Waals surface area contributed by atoms with Gasteiger partial charge in [0.05, 0.1) is 14.2 Å². The molecule has 3 nitrogen and oxygen atoms in total. The standard InChI is InChI=1S/C36H31NO2/c1-38-35-24-18-31(19-25-35)15-13-29-10-8-28(9-11-29)12-14-30-16-20-33(21-17-30)37(32-6-4-3-5-7-32)34-22-26-36(39-2)27-23-34/h3-27H,1-2H3/b14-12-,15-13-. The minimum atomic E-state index is 0.841. The first-order chi connectivity index (χ1) is 19.2. The number of rotatable bonds is 9. The molecule has 0 spiro atoms. The van der Waals surface area contributed by atoms with Crippen LogP contribution >= 0.6 is 0 Å². The maximum Gasteiger partial charge on any atom is 0.119 e. The van der Waals surface area contributed by atoms with Crippen molar-refractivity contribution in [1.29, 1.82) is 0 Å². The summed E-state index contributed by atoms with van der Waals surface area (Å²) in [6.07, 6.45) is 8.52. The molecule has 0 unspecified atom stereocenters. The quantitative estimate of drug-likeness (QED) is 0.185. The maximum atomic E-state index is 5.35. The van der Waals surface area contributed by atoms with Crippen LogP contribution in [0.15, 0.2) is 127 Å². The molecule has 0 amide bonds. The second-order valence-corrected chi connectivity index (χ2v) is 9.07. The Morgan fingerprint density at radius 2 is 0.692 bits per heavy atom. The first kappa shape index (κ1) is 25.6. The lowest BCUT2D eigenvalue weighted by molar-refractivity contribution is 0.414. The molecule has 0 N–H and O–H groups in total. The first-order valence-electron chi connectivity index (χ1n) is 12.9. The van der Waals surface area contributed by atoms with Gasteiger partial charge in [0.15, 0.2) is 0 Å². The molecule has 0 aromatic heterocycles. The van der Waals surface area contributed by atoms with Crippen molar-refractivity contribution in [2.45, 2.75) is 0 Å². The van der Waals surface area contributed by atoms with E-state index in [0.717, 1.165) is 50.8 Å². The number of ether oxygens (including phenoxy) is 2. The van der Waals surface area contributed by atoms with E-state index in [1.165, 1.54) is 0 Å². The fourth-order valence-corrected chi connectivity index (χ4v) is 4.31. The minimum absolute atomic E-state index is 0.841. The van der Waals surface area contributed by atoms with Crippen LogP contribution in [0.1, 0.15) is 22.3 Å². The van der Waals surface area contributed by atoms with E-state index in [1.807, 2.05) is 42.5 Å². The number of nitrogens with zero attached hydrogens (tertiary/aromatic N) is 1. The molecule has 0 aliphatic rings. The van der Waals surface area contributed by atoms with Gasteiger partial charge < -0.3 is 14.4 Å². The zero-order valence-corrected chi connectivity index (χ0v) is 22.2. The lowest BCUT2D eigenvalue weighted by atomic mass is 10.1. The van der Waals surface area contributed by atoms with E-state index in [2.05, 4.69) is 114 Å². The lowest BCUT2D eigenvalue weighted by Crippen LogP contribution is -2.09. The van der Waals surface area contributed by atoms with Crippen molar-refractivity contribution in [2.75, 3.05) is 19.1 Å². The molecule has 0 saturated heterocycles. The Balaban J connectivity index is 1.28. The van der Waals surface area contributed by atoms with E-state index in [9.17, 15) is 0 Å². The summed E-state index contributed by atoms with van der Waals surface area (Å²) in [5.74, 6) is 1.71. The van der Waals surface area contributed by atoms with Gasteiger partial charge in [0.1, 0.15) is 11.5 Å². The van der Waals surface area contributed by atoms with Crippen molar-refractivity contribution >= 4 is 41.4 Å². The molecular weight excluding hydrogens is 478 g/mol. The summed E-state index contributed by atoms with van der Waals surface area (Å²) in [5.41, 5.74) is 7.87. The molecule has 5 aromatic rings. The number of para-hydroxylation sites is 1. The monoisotopic (exact) mass is 509 g/mol. The Labute approximate surface area is 230 Å². The zero-order chi connectivity index (χ0) is 26.9. The van der Waals surface area contributed by atoms with Gasteiger partial charge in [0.25, 0.3) is 0 Å². The minimum Gasteiger partial charge on any atom is -0.497 e. The van der Waals surface area contributed by atoms with Crippen LogP contribution in [-0.2, 0) is 0 Å². The second-order valence-electron chi connectivity index (χ2n) is 9.07. The van der Waals surface area contributed by atoms with Gasteiger partial charge in [-0.2, -0.15) is 0 Å². The van der Waals surface area contributed by atoms with Crippen LogP contribution < -0.4 is 14.4 Å². The van der Waals surface area contributed by atoms with E-state index in [-0.39, 0.29) is 0 Å². The third-order valence-electron chi connectivity index (χ3n) is 6.49. The van der Waals surface area contributed by atoms with E-state index in [0.29, 0.717) is 0 Å². The summed E-state index contributed by atoms with van der Waals surface area (Å²) >= 11 is 0. The Morgan fingerprint density at radius 1 is 0.385 bits per heavy atom. The Morgan fingerprint density at radius 3 is 1.10 bits per heavy atom. The van der Waals surface area contributed by atoms with Crippen molar-refractivity contribution in [3.63, 3.8) is 0 Å². The predicted octanol–water partition coefficient (Wildman–Crippen LogP) is 9.51. The normalized spacial score (nSPS) is 11.1. The van der Waals surface area contributed by atoms with Gasteiger partial charge in [0, 0.05) is 17.1 Å². The van der Waals surface area contributed by atoms with E-state index in [4.69, 9.17) is 9.47 Å². The number of benzene rings is 5. The molecule has 0 heterocycles. The van der Waals surface area contributed by atoms with Crippen molar-refractivity contribution in [3.8, 4) is 11.5 Å². The first-order valence-corrected chi connectivity index (χ1v) is 12.9. The summed E-state index contributed by atoms with van der Waals surface area (Å²) in [6, 6.07) is 43.7. The molecule has 0 aliphatic heterocycles. The Hall–Kier alpha value is -5.02. The van der Waals surface area contributed by atoms with E-state index in [1.54, 1.807) is 14.2 Å². The maximum absolute atomic E-state index is 5.35. The molecule has 0 bridgehead atoms. The summed E-state index contributed by atoms with van der Waals surface area (Å²) in [6.45, 7) is 0. The molecule has 39 heavy (non-hydrogen) atoms. The SMILES string of the molecule is COc1ccc(/C=C\c2ccc(/C=C\c3ccc(N(c4ccccc4)c4ccc(OC)cc4)cc3)cc2)cc1. The smallest absolute Gasteiger partial charge is 0.119 e. The third-order valence-corrected chi connectivity index (χ3v) is 6.49. The van der Waals surface area contributed by atoms with Gasteiger partial charge in [-0.15, -0.1) is 0 Å². The summed E-state index contributed by atoms with van der Waals surface area (Å²) in [7, 11) is 3.37. The molecule has 0 aliphatic carbocycles. The van der Waals surface area contributed by atoms with Crippen LogP contribution in [-0.4, -0.2) is 14.2 Å². The van der Waals surface area contributed by atoms with Crippen molar-refractivity contribution in [2.24, 2.45) is 0 Å². The molecular formula is C36H31NO2. The molecule has 0 radical (unpaired) electrons. The lowest BCUT2D eigenvalue weighted by Gasteiger charge is -2.25. The molecule has 192 valence electrons. The molecule has 5 rings (SSSR count). The number of hydrogen-bond acceptors (Lipinski definition) is 3. The van der Waals surface area contributed by atoms with Crippen LogP contribution in [0.5, 0.6) is 11.5 Å². The van der Waals surface area contributed by atoms with Crippen LogP contribution in [0.2, 0.25) is 0 Å². The van der Waals surface area contributed by atoms with Crippen LogP contribution in [0, 0.1) is 0 Å². The molecule has 0 fully saturated rings. The highest BCUT2D eigenvalue weighted by Gasteiger charge is 2.12. The molecule has 0 atom stereocenters. The average molecular weight is 510 g/mol. The van der Waals surface area contributed by atoms with Crippen molar-refractivity contribution in [3.05, 3.63) is 150 Å². The summed E-state index contributed by atoms with van der Waals surface area (Å²) in [4.78, 5) is 2.24. The van der Waals surface area contributed by atoms with E-state index < -0.39 is 0 Å². The average Bonchev–Trinajstić information content (AvgIpc) is 3.01. The largest absolute Gasteiger partial charge is 0.497 e. The third kappa shape index (κ3) is 6.65. The van der Waals surface area contributed by atoms with Gasteiger partial charge in [0.2, 0.25) is 0 Å². The highest BCUT2D eigenvalue weighted by atomic mass is 16.5. The van der Waals surface area contributed by atoms with Gasteiger partial charge in [-0.1, -0.05) is 91.0 Å². The fourth-order valence-electron chi connectivity index (χ4n) is 4.31. The fraction of sp³-hybridized carbons (Fsp3) is 0.0556. The summed E-state index contributed by atoms with van der Waals surface area (Å²) in [5, 5.41) is 0. The highest BCUT2D eigenvalue weighted by molar-refractivity contribution is 5.78. The Bertz CT molecular complexity index is 1520. The Kier molecular flexibility index (Phi) is 8.20. The number of anilines is 3. The van der Waals surface area contributed by atoms with Gasteiger partial charge in [-0.05, 0) is 82.9 Å². The summed E-state index contributed by atoms with van der Waals surface area (Å²) < 4.78 is 10.6. The number of methoxy groups -OCH3 is 2. The van der Waals surface area contributed by atoms with Crippen molar-refractivity contribution < 1.29 is 9.47 Å². The van der Waals surface area contributed by atoms with Crippen LogP contribution in [0.25, 0.3) is 24.3 Å². The highest BCUT2D eigenvalue weighted by Crippen LogP contribution is 2.35. The van der Waals surface area contributed by atoms with Gasteiger partial charge in [-0.3, -0.25) is 0 Å². The number of hydrogen-bond donors (Lipinski definition) is 0. The molecule has 0 saturated carbocycles. The molecule has 3 heteroatoms. The predicted molar refractivity (Wildman–Crippen MR) is 165 cm³/mol. The topological polar surface area (TPSA) is 21.7 Å². The van der Waals surface area contributed by atoms with Crippen molar-refractivity contribution in [1.82, 2.24) is 0 Å². The van der Waals surface area contributed by atoms with E-state index >= 15 is 0 Å². The molecule has 5 aromatic carbocycles. The van der Waals surface area contributed by atoms with Crippen LogP contribution in [0.4, 0.5) is 17.1 Å².